The summed E-state index contributed by atoms with van der Waals surface area (Å²) in [7, 11) is 0. The van der Waals surface area contributed by atoms with Crippen molar-refractivity contribution in [2.24, 2.45) is 0 Å². The van der Waals surface area contributed by atoms with Gasteiger partial charge in [0, 0.05) is 16.6 Å². The van der Waals surface area contributed by atoms with Crippen molar-refractivity contribution in [3.63, 3.8) is 0 Å². The standard InChI is InChI=1S/C15H18N2O4/c1-6-4-7(2)16-14-9(6)5-10(15(20)17-14)13-12(19)11(18)8(3)21-13/h4-5,8,11-13,18-19H,1-3H3,(H,16,17,20)/t8-,11?,12+,13+/m1/s1. The lowest BCUT2D eigenvalue weighted by Crippen LogP contribution is -2.30. The van der Waals surface area contributed by atoms with Gasteiger partial charge in [-0.25, -0.2) is 4.98 Å². The smallest absolute Gasteiger partial charge is 0.255 e. The number of rotatable bonds is 1. The lowest BCUT2D eigenvalue weighted by molar-refractivity contribution is 0.0144. The molecule has 0 amide bonds. The Morgan fingerprint density at radius 2 is 1.95 bits per heavy atom. The number of aliphatic hydroxyl groups excluding tert-OH is 2. The minimum atomic E-state index is -1.11. The predicted octanol–water partition coefficient (Wildman–Crippen LogP) is 0.722. The molecule has 1 unspecified atom stereocenters. The number of H-pyrrole nitrogens is 1. The van der Waals surface area contributed by atoms with Gasteiger partial charge in [0.05, 0.1) is 6.10 Å². The number of ether oxygens (including phenoxy) is 1. The zero-order chi connectivity index (χ0) is 15.3. The molecule has 1 aliphatic rings. The Labute approximate surface area is 121 Å². The summed E-state index contributed by atoms with van der Waals surface area (Å²) in [4.78, 5) is 19.3. The molecule has 1 aliphatic heterocycles. The quantitative estimate of drug-likeness (QED) is 0.719. The van der Waals surface area contributed by atoms with Crippen LogP contribution in [-0.2, 0) is 4.74 Å². The number of aliphatic hydroxyl groups is 2. The summed E-state index contributed by atoms with van der Waals surface area (Å²) in [6.45, 7) is 5.46. The molecule has 0 bridgehead atoms. The van der Waals surface area contributed by atoms with Gasteiger partial charge in [-0.1, -0.05) is 0 Å². The van der Waals surface area contributed by atoms with E-state index < -0.39 is 24.4 Å². The molecule has 112 valence electrons. The summed E-state index contributed by atoms with van der Waals surface area (Å²) in [5.41, 5.74) is 2.28. The zero-order valence-corrected chi connectivity index (χ0v) is 12.1. The monoisotopic (exact) mass is 290 g/mol. The second-order valence-electron chi connectivity index (χ2n) is 5.64. The highest BCUT2D eigenvalue weighted by Crippen LogP contribution is 2.32. The van der Waals surface area contributed by atoms with Crippen LogP contribution < -0.4 is 5.56 Å². The largest absolute Gasteiger partial charge is 0.388 e. The van der Waals surface area contributed by atoms with Crippen molar-refractivity contribution < 1.29 is 14.9 Å². The molecule has 0 spiro atoms. The molecule has 1 fully saturated rings. The van der Waals surface area contributed by atoms with Crippen molar-refractivity contribution in [3.05, 3.63) is 39.3 Å². The van der Waals surface area contributed by atoms with Gasteiger partial charge in [0.1, 0.15) is 24.0 Å². The fourth-order valence-electron chi connectivity index (χ4n) is 2.84. The fourth-order valence-corrected chi connectivity index (χ4v) is 2.84. The minimum absolute atomic E-state index is 0.312. The minimum Gasteiger partial charge on any atom is -0.388 e. The first kappa shape index (κ1) is 14.2. The molecule has 2 aromatic heterocycles. The maximum absolute atomic E-state index is 12.2. The van der Waals surface area contributed by atoms with Gasteiger partial charge in [-0.2, -0.15) is 0 Å². The van der Waals surface area contributed by atoms with Crippen LogP contribution in [0.4, 0.5) is 0 Å². The first-order valence-corrected chi connectivity index (χ1v) is 6.91. The van der Waals surface area contributed by atoms with Crippen molar-refractivity contribution in [1.82, 2.24) is 9.97 Å². The van der Waals surface area contributed by atoms with Crippen LogP contribution in [0.15, 0.2) is 16.9 Å². The normalized spacial score (nSPS) is 29.2. The van der Waals surface area contributed by atoms with Crippen molar-refractivity contribution in [1.29, 1.82) is 0 Å². The van der Waals surface area contributed by atoms with Crippen molar-refractivity contribution >= 4 is 11.0 Å². The number of aromatic amines is 1. The highest BCUT2D eigenvalue weighted by Gasteiger charge is 2.42. The third-order valence-corrected chi connectivity index (χ3v) is 4.00. The Hall–Kier alpha value is -1.76. The van der Waals surface area contributed by atoms with Crippen molar-refractivity contribution in [2.75, 3.05) is 0 Å². The van der Waals surface area contributed by atoms with Crippen LogP contribution in [-0.4, -0.2) is 38.5 Å². The van der Waals surface area contributed by atoms with E-state index >= 15 is 0 Å². The molecule has 6 nitrogen and oxygen atoms in total. The van der Waals surface area contributed by atoms with Gasteiger partial charge in [-0.15, -0.1) is 0 Å². The second-order valence-corrected chi connectivity index (χ2v) is 5.64. The Bertz CT molecular complexity index is 755. The van der Waals surface area contributed by atoms with E-state index in [9.17, 15) is 15.0 Å². The molecule has 3 heterocycles. The number of hydrogen-bond donors (Lipinski definition) is 3. The third-order valence-electron chi connectivity index (χ3n) is 4.00. The summed E-state index contributed by atoms with van der Waals surface area (Å²) in [5, 5.41) is 20.6. The molecular formula is C15H18N2O4. The van der Waals surface area contributed by atoms with Gasteiger partial charge in [0.25, 0.3) is 5.56 Å². The number of pyridine rings is 2. The number of aryl methyl sites for hydroxylation is 2. The van der Waals surface area contributed by atoms with Crippen molar-refractivity contribution in [2.45, 2.75) is 45.2 Å². The second kappa shape index (κ2) is 4.91. The van der Waals surface area contributed by atoms with Crippen LogP contribution in [0.25, 0.3) is 11.0 Å². The number of aromatic nitrogens is 2. The van der Waals surface area contributed by atoms with Gasteiger partial charge in [-0.3, -0.25) is 4.79 Å². The summed E-state index contributed by atoms with van der Waals surface area (Å²) < 4.78 is 5.52. The van der Waals surface area contributed by atoms with E-state index in [1.807, 2.05) is 19.9 Å². The third kappa shape index (κ3) is 2.25. The van der Waals surface area contributed by atoms with Crippen LogP contribution >= 0.6 is 0 Å². The molecule has 4 atom stereocenters. The van der Waals surface area contributed by atoms with E-state index in [1.54, 1.807) is 13.0 Å². The molecule has 0 radical (unpaired) electrons. The van der Waals surface area contributed by atoms with E-state index in [4.69, 9.17) is 4.74 Å². The van der Waals surface area contributed by atoms with Crippen molar-refractivity contribution in [3.8, 4) is 0 Å². The van der Waals surface area contributed by atoms with Crippen LogP contribution in [0.5, 0.6) is 0 Å². The average Bonchev–Trinajstić information content (AvgIpc) is 2.65. The Balaban J connectivity index is 2.16. The fraction of sp³-hybridized carbons (Fsp3) is 0.467. The molecule has 6 heteroatoms. The summed E-state index contributed by atoms with van der Waals surface area (Å²) in [5.74, 6) is 0. The Kier molecular flexibility index (Phi) is 3.32. The van der Waals surface area contributed by atoms with E-state index in [2.05, 4.69) is 9.97 Å². The molecule has 21 heavy (non-hydrogen) atoms. The van der Waals surface area contributed by atoms with E-state index in [-0.39, 0.29) is 5.56 Å². The maximum Gasteiger partial charge on any atom is 0.255 e. The van der Waals surface area contributed by atoms with E-state index in [1.165, 1.54) is 0 Å². The van der Waals surface area contributed by atoms with E-state index in [0.29, 0.717) is 11.2 Å². The molecule has 0 aliphatic carbocycles. The molecular weight excluding hydrogens is 272 g/mol. The van der Waals surface area contributed by atoms with Gasteiger partial charge in [0.15, 0.2) is 0 Å². The van der Waals surface area contributed by atoms with E-state index in [0.717, 1.165) is 16.6 Å². The predicted molar refractivity (Wildman–Crippen MR) is 77.1 cm³/mol. The summed E-state index contributed by atoms with van der Waals surface area (Å²) in [6, 6.07) is 3.61. The van der Waals surface area contributed by atoms with Crippen LogP contribution in [0.2, 0.25) is 0 Å². The highest BCUT2D eigenvalue weighted by molar-refractivity contribution is 5.79. The highest BCUT2D eigenvalue weighted by atomic mass is 16.5. The first-order valence-electron chi connectivity index (χ1n) is 6.91. The maximum atomic E-state index is 12.2. The molecule has 0 saturated carbocycles. The molecule has 3 rings (SSSR count). The molecule has 0 aromatic carbocycles. The lowest BCUT2D eigenvalue weighted by Gasteiger charge is -2.15. The molecule has 1 saturated heterocycles. The molecule has 3 N–H and O–H groups in total. The van der Waals surface area contributed by atoms with Crippen LogP contribution in [0.3, 0.4) is 0 Å². The topological polar surface area (TPSA) is 95.4 Å². The first-order chi connectivity index (χ1) is 9.88. The summed E-state index contributed by atoms with van der Waals surface area (Å²) in [6.07, 6.45) is -3.46. The Morgan fingerprint density at radius 3 is 2.57 bits per heavy atom. The number of hydrogen-bond acceptors (Lipinski definition) is 5. The molecule has 2 aromatic rings. The lowest BCUT2D eigenvalue weighted by atomic mass is 10.0. The van der Waals surface area contributed by atoms with Crippen LogP contribution in [0.1, 0.15) is 29.8 Å². The SMILES string of the molecule is Cc1cc(C)c2cc([C@@H]3O[C@H](C)C(O)[C@@H]3O)c(=O)[nH]c2n1. The average molecular weight is 290 g/mol. The van der Waals surface area contributed by atoms with Gasteiger partial charge >= 0.3 is 0 Å². The summed E-state index contributed by atoms with van der Waals surface area (Å²) >= 11 is 0. The van der Waals surface area contributed by atoms with Gasteiger partial charge < -0.3 is 19.9 Å². The van der Waals surface area contributed by atoms with Gasteiger partial charge in [-0.05, 0) is 38.5 Å². The number of nitrogens with zero attached hydrogens (tertiary/aromatic N) is 1. The number of fused-ring (bicyclic) bond motifs is 1. The Morgan fingerprint density at radius 1 is 1.24 bits per heavy atom. The number of nitrogens with one attached hydrogen (secondary N) is 1. The van der Waals surface area contributed by atoms with Gasteiger partial charge in [0.2, 0.25) is 0 Å². The van der Waals surface area contributed by atoms with Crippen LogP contribution in [0, 0.1) is 13.8 Å². The zero-order valence-electron chi connectivity index (χ0n) is 12.1.